The molecular weight excluding hydrogens is 270 g/mol. The van der Waals surface area contributed by atoms with Crippen LogP contribution in [0.15, 0.2) is 42.5 Å². The van der Waals surface area contributed by atoms with Crippen molar-refractivity contribution >= 4 is 11.6 Å². The Balaban J connectivity index is 1.74. The van der Waals surface area contributed by atoms with Crippen LogP contribution in [0.25, 0.3) is 0 Å². The quantitative estimate of drug-likeness (QED) is 0.907. The van der Waals surface area contributed by atoms with Crippen molar-refractivity contribution in [3.8, 4) is 0 Å². The summed E-state index contributed by atoms with van der Waals surface area (Å²) in [5.41, 5.74) is 4.72. The maximum Gasteiger partial charge on any atom is 0.0775 e. The molecule has 2 aromatic carbocycles. The Hall–Kier alpha value is -1.35. The summed E-state index contributed by atoms with van der Waals surface area (Å²) in [6, 6.07) is 14.3. The van der Waals surface area contributed by atoms with E-state index in [1.54, 1.807) is 0 Å². The number of hydrogen-bond acceptors (Lipinski definition) is 2. The zero-order valence-electron chi connectivity index (χ0n) is 11.4. The second-order valence-corrected chi connectivity index (χ2v) is 5.82. The summed E-state index contributed by atoms with van der Waals surface area (Å²) in [4.78, 5) is 0. The van der Waals surface area contributed by atoms with Crippen LogP contribution in [0.1, 0.15) is 28.3 Å². The second kappa shape index (κ2) is 5.57. The molecule has 0 amide bonds. The molecular formula is C17H18ClNO. The molecule has 0 aliphatic heterocycles. The van der Waals surface area contributed by atoms with Crippen molar-refractivity contribution < 1.29 is 5.11 Å². The Morgan fingerprint density at radius 1 is 1.25 bits per heavy atom. The zero-order valence-corrected chi connectivity index (χ0v) is 12.2. The summed E-state index contributed by atoms with van der Waals surface area (Å²) in [7, 11) is 0. The number of aryl methyl sites for hydroxylation is 1. The van der Waals surface area contributed by atoms with Gasteiger partial charge >= 0.3 is 0 Å². The Kier molecular flexibility index (Phi) is 3.79. The molecule has 0 fully saturated rings. The van der Waals surface area contributed by atoms with Crippen molar-refractivity contribution in [3.63, 3.8) is 0 Å². The average molecular weight is 288 g/mol. The van der Waals surface area contributed by atoms with E-state index in [4.69, 9.17) is 11.6 Å². The average Bonchev–Trinajstić information content (AvgIpc) is 2.76. The molecule has 1 aliphatic rings. The van der Waals surface area contributed by atoms with E-state index in [2.05, 4.69) is 23.5 Å². The molecule has 2 N–H and O–H groups in total. The monoisotopic (exact) mass is 287 g/mol. The number of nitrogens with one attached hydrogen (secondary N) is 1. The molecule has 0 radical (unpaired) electrons. The smallest absolute Gasteiger partial charge is 0.0775 e. The molecule has 0 spiro atoms. The van der Waals surface area contributed by atoms with Gasteiger partial charge < -0.3 is 10.4 Å². The number of aliphatic hydroxyl groups excluding tert-OH is 1. The second-order valence-electron chi connectivity index (χ2n) is 5.41. The molecule has 2 atom stereocenters. The van der Waals surface area contributed by atoms with Gasteiger partial charge in [-0.15, -0.1) is 0 Å². The lowest BCUT2D eigenvalue weighted by molar-refractivity contribution is 0.140. The van der Waals surface area contributed by atoms with Gasteiger partial charge in [0.05, 0.1) is 12.1 Å². The molecule has 3 heteroatoms. The van der Waals surface area contributed by atoms with E-state index >= 15 is 0 Å². The van der Waals surface area contributed by atoms with Crippen LogP contribution in [0.4, 0.5) is 0 Å². The molecule has 0 bridgehead atoms. The molecule has 2 aromatic rings. The molecule has 0 saturated heterocycles. The van der Waals surface area contributed by atoms with Crippen LogP contribution in [0, 0.1) is 6.92 Å². The summed E-state index contributed by atoms with van der Waals surface area (Å²) >= 11 is 6.04. The van der Waals surface area contributed by atoms with E-state index in [0.29, 0.717) is 0 Å². The van der Waals surface area contributed by atoms with Crippen molar-refractivity contribution in [2.45, 2.75) is 32.0 Å². The van der Waals surface area contributed by atoms with Gasteiger partial charge in [-0.05, 0) is 35.2 Å². The largest absolute Gasteiger partial charge is 0.391 e. The molecule has 0 unspecified atom stereocenters. The molecule has 1 aliphatic carbocycles. The summed E-state index contributed by atoms with van der Waals surface area (Å²) in [5.74, 6) is 0. The van der Waals surface area contributed by atoms with Gasteiger partial charge in [-0.2, -0.15) is 0 Å². The Bertz CT molecular complexity index is 626. The number of fused-ring (bicyclic) bond motifs is 1. The predicted octanol–water partition coefficient (Wildman–Crippen LogP) is 3.40. The van der Waals surface area contributed by atoms with E-state index in [0.717, 1.165) is 23.6 Å². The fraction of sp³-hybridized carbons (Fsp3) is 0.294. The highest BCUT2D eigenvalue weighted by Crippen LogP contribution is 2.31. The Morgan fingerprint density at radius 2 is 2.05 bits per heavy atom. The first-order valence-corrected chi connectivity index (χ1v) is 7.27. The van der Waals surface area contributed by atoms with Crippen LogP contribution in [-0.4, -0.2) is 11.2 Å². The van der Waals surface area contributed by atoms with Crippen LogP contribution in [0.2, 0.25) is 5.02 Å². The number of hydrogen-bond donors (Lipinski definition) is 2. The third kappa shape index (κ3) is 2.59. The number of benzene rings is 2. The molecule has 0 heterocycles. The third-order valence-corrected chi connectivity index (χ3v) is 4.38. The van der Waals surface area contributed by atoms with Gasteiger partial charge in [0, 0.05) is 18.0 Å². The minimum Gasteiger partial charge on any atom is -0.391 e. The number of halogens is 1. The molecule has 3 rings (SSSR count). The predicted molar refractivity (Wildman–Crippen MR) is 81.9 cm³/mol. The SMILES string of the molecule is Cc1cc(CN[C@@H]2c3ccccc3C[C@@H]2O)ccc1Cl. The van der Waals surface area contributed by atoms with E-state index in [1.807, 2.05) is 31.2 Å². The Morgan fingerprint density at radius 3 is 2.85 bits per heavy atom. The maximum absolute atomic E-state index is 10.2. The lowest BCUT2D eigenvalue weighted by Gasteiger charge is -2.18. The number of rotatable bonds is 3. The van der Waals surface area contributed by atoms with Gasteiger partial charge in [0.15, 0.2) is 0 Å². The fourth-order valence-electron chi connectivity index (χ4n) is 2.86. The molecule has 0 aromatic heterocycles. The van der Waals surface area contributed by atoms with Gasteiger partial charge in [0.2, 0.25) is 0 Å². The minimum absolute atomic E-state index is 0.0159. The summed E-state index contributed by atoms with van der Waals surface area (Å²) < 4.78 is 0. The normalized spacial score (nSPS) is 20.9. The van der Waals surface area contributed by atoms with Crippen molar-refractivity contribution in [2.75, 3.05) is 0 Å². The summed E-state index contributed by atoms with van der Waals surface area (Å²) in [5, 5.41) is 14.5. The van der Waals surface area contributed by atoms with Crippen molar-refractivity contribution in [3.05, 3.63) is 69.7 Å². The fourth-order valence-corrected chi connectivity index (χ4v) is 2.98. The maximum atomic E-state index is 10.2. The van der Waals surface area contributed by atoms with Gasteiger partial charge in [-0.1, -0.05) is 48.0 Å². The van der Waals surface area contributed by atoms with Crippen molar-refractivity contribution in [1.82, 2.24) is 5.32 Å². The van der Waals surface area contributed by atoms with Crippen LogP contribution < -0.4 is 5.32 Å². The topological polar surface area (TPSA) is 32.3 Å². The highest BCUT2D eigenvalue weighted by Gasteiger charge is 2.29. The van der Waals surface area contributed by atoms with Gasteiger partial charge in [0.25, 0.3) is 0 Å². The van der Waals surface area contributed by atoms with E-state index in [-0.39, 0.29) is 12.1 Å². The van der Waals surface area contributed by atoms with Gasteiger partial charge in [-0.3, -0.25) is 0 Å². The van der Waals surface area contributed by atoms with Crippen molar-refractivity contribution in [1.29, 1.82) is 0 Å². The summed E-state index contributed by atoms with van der Waals surface area (Å²) in [6.07, 6.45) is 0.383. The Labute approximate surface area is 124 Å². The van der Waals surface area contributed by atoms with Crippen molar-refractivity contribution in [2.24, 2.45) is 0 Å². The lowest BCUT2D eigenvalue weighted by Crippen LogP contribution is -2.28. The van der Waals surface area contributed by atoms with Gasteiger partial charge in [0.1, 0.15) is 0 Å². The standard InChI is InChI=1S/C17H18ClNO/c1-11-8-12(6-7-15(11)18)10-19-17-14-5-3-2-4-13(14)9-16(17)20/h2-8,16-17,19-20H,9-10H2,1H3/t16-,17+/m0/s1. The zero-order chi connectivity index (χ0) is 14.1. The first kappa shape index (κ1) is 13.6. The first-order valence-electron chi connectivity index (χ1n) is 6.89. The van der Waals surface area contributed by atoms with E-state index in [1.165, 1.54) is 16.7 Å². The lowest BCUT2D eigenvalue weighted by atomic mass is 10.1. The number of aliphatic hydroxyl groups is 1. The molecule has 104 valence electrons. The van der Waals surface area contributed by atoms with Gasteiger partial charge in [-0.25, -0.2) is 0 Å². The molecule has 2 nitrogen and oxygen atoms in total. The highest BCUT2D eigenvalue weighted by molar-refractivity contribution is 6.31. The van der Waals surface area contributed by atoms with Crippen LogP contribution in [0.5, 0.6) is 0 Å². The van der Waals surface area contributed by atoms with E-state index < -0.39 is 0 Å². The molecule has 0 saturated carbocycles. The molecule has 20 heavy (non-hydrogen) atoms. The van der Waals surface area contributed by atoms with Crippen LogP contribution in [-0.2, 0) is 13.0 Å². The third-order valence-electron chi connectivity index (χ3n) is 3.95. The summed E-state index contributed by atoms with van der Waals surface area (Å²) in [6.45, 7) is 2.74. The van der Waals surface area contributed by atoms with Crippen LogP contribution in [0.3, 0.4) is 0 Å². The highest BCUT2D eigenvalue weighted by atomic mass is 35.5. The van der Waals surface area contributed by atoms with E-state index in [9.17, 15) is 5.11 Å². The minimum atomic E-state index is -0.346. The first-order chi connectivity index (χ1) is 9.65. The van der Waals surface area contributed by atoms with Crippen LogP contribution >= 0.6 is 11.6 Å².